The highest BCUT2D eigenvalue weighted by molar-refractivity contribution is 5.67. The van der Waals surface area contributed by atoms with E-state index in [0.29, 0.717) is 17.1 Å². The lowest BCUT2D eigenvalue weighted by Gasteiger charge is -1.90. The summed E-state index contributed by atoms with van der Waals surface area (Å²) in [5.41, 5.74) is 1.18. The maximum Gasteiger partial charge on any atom is 0.246 e. The summed E-state index contributed by atoms with van der Waals surface area (Å²) in [5.74, 6) is 0.102. The van der Waals surface area contributed by atoms with E-state index in [-0.39, 0.29) is 5.92 Å². The monoisotopic (exact) mass is 173 g/mol. The molecule has 13 heavy (non-hydrogen) atoms. The van der Waals surface area contributed by atoms with E-state index >= 15 is 0 Å². The normalized spacial score (nSPS) is 12.6. The van der Waals surface area contributed by atoms with Crippen LogP contribution in [0, 0.1) is 11.3 Å². The zero-order chi connectivity index (χ0) is 9.26. The molecule has 2 aromatic heterocycles. The average Bonchev–Trinajstić information content (AvgIpc) is 2.59. The molecule has 1 unspecified atom stereocenters. The summed E-state index contributed by atoms with van der Waals surface area (Å²) in [6, 6.07) is 5.65. The van der Waals surface area contributed by atoms with Gasteiger partial charge in [-0.15, -0.1) is 0 Å². The van der Waals surface area contributed by atoms with E-state index in [9.17, 15) is 0 Å². The highest BCUT2D eigenvalue weighted by atomic mass is 16.4. The SMILES string of the molecule is CC(C#N)c1nc2cccnc2o1. The Hall–Kier alpha value is -1.89. The first-order chi connectivity index (χ1) is 6.31. The second-order valence-electron chi connectivity index (χ2n) is 2.73. The third-order valence-corrected chi connectivity index (χ3v) is 1.75. The Labute approximate surface area is 74.8 Å². The summed E-state index contributed by atoms with van der Waals surface area (Å²) in [5, 5.41) is 8.64. The Balaban J connectivity index is 2.57. The van der Waals surface area contributed by atoms with Gasteiger partial charge in [0.1, 0.15) is 11.4 Å². The van der Waals surface area contributed by atoms with Gasteiger partial charge in [0.05, 0.1) is 6.07 Å². The van der Waals surface area contributed by atoms with Gasteiger partial charge in [0.25, 0.3) is 0 Å². The minimum absolute atomic E-state index is 0.325. The molecular formula is C9H7N3O. The van der Waals surface area contributed by atoms with E-state index in [2.05, 4.69) is 16.0 Å². The topological polar surface area (TPSA) is 62.7 Å². The van der Waals surface area contributed by atoms with Crippen molar-refractivity contribution in [3.63, 3.8) is 0 Å². The van der Waals surface area contributed by atoms with E-state index in [0.717, 1.165) is 0 Å². The Morgan fingerprint density at radius 2 is 2.46 bits per heavy atom. The van der Waals surface area contributed by atoms with Crippen LogP contribution in [0.3, 0.4) is 0 Å². The second-order valence-corrected chi connectivity index (χ2v) is 2.73. The predicted octanol–water partition coefficient (Wildman–Crippen LogP) is 1.85. The number of hydrogen-bond donors (Lipinski definition) is 0. The molecule has 0 radical (unpaired) electrons. The van der Waals surface area contributed by atoms with Crippen LogP contribution in [0.2, 0.25) is 0 Å². The number of fused-ring (bicyclic) bond motifs is 1. The van der Waals surface area contributed by atoms with E-state index in [1.807, 2.05) is 0 Å². The zero-order valence-corrected chi connectivity index (χ0v) is 7.06. The fourth-order valence-electron chi connectivity index (χ4n) is 1.03. The van der Waals surface area contributed by atoms with Gasteiger partial charge in [-0.25, -0.2) is 9.97 Å². The molecule has 2 aromatic rings. The minimum Gasteiger partial charge on any atom is -0.421 e. The lowest BCUT2D eigenvalue weighted by atomic mass is 10.2. The first kappa shape index (κ1) is 7.74. The number of hydrogen-bond acceptors (Lipinski definition) is 4. The van der Waals surface area contributed by atoms with Crippen molar-refractivity contribution in [3.8, 4) is 6.07 Å². The molecule has 0 aliphatic heterocycles. The molecule has 2 heterocycles. The summed E-state index contributed by atoms with van der Waals surface area (Å²) in [6.45, 7) is 1.74. The fraction of sp³-hybridized carbons (Fsp3) is 0.222. The molecule has 2 rings (SSSR count). The van der Waals surface area contributed by atoms with Crippen molar-refractivity contribution in [2.75, 3.05) is 0 Å². The number of nitrogens with zero attached hydrogens (tertiary/aromatic N) is 3. The van der Waals surface area contributed by atoms with Crippen LogP contribution in [0.1, 0.15) is 18.7 Å². The van der Waals surface area contributed by atoms with Gasteiger partial charge >= 0.3 is 0 Å². The van der Waals surface area contributed by atoms with Crippen LogP contribution in [0.4, 0.5) is 0 Å². The van der Waals surface area contributed by atoms with Crippen molar-refractivity contribution in [2.24, 2.45) is 0 Å². The van der Waals surface area contributed by atoms with Crippen LogP contribution in [-0.2, 0) is 0 Å². The predicted molar refractivity (Wildman–Crippen MR) is 45.8 cm³/mol. The van der Waals surface area contributed by atoms with Gasteiger partial charge in [0.15, 0.2) is 0 Å². The summed E-state index contributed by atoms with van der Waals surface area (Å²) in [4.78, 5) is 8.11. The number of rotatable bonds is 1. The molecule has 0 aromatic carbocycles. The Kier molecular flexibility index (Phi) is 1.71. The Bertz CT molecular complexity index is 436. The molecule has 0 spiro atoms. The largest absolute Gasteiger partial charge is 0.421 e. The van der Waals surface area contributed by atoms with E-state index in [1.165, 1.54) is 0 Å². The maximum atomic E-state index is 8.64. The minimum atomic E-state index is -0.325. The highest BCUT2D eigenvalue weighted by Crippen LogP contribution is 2.18. The van der Waals surface area contributed by atoms with Gasteiger partial charge in [-0.05, 0) is 19.1 Å². The van der Waals surface area contributed by atoms with Gasteiger partial charge in [-0.2, -0.15) is 5.26 Å². The number of oxazole rings is 1. The third kappa shape index (κ3) is 1.25. The second kappa shape index (κ2) is 2.87. The molecule has 0 aliphatic carbocycles. The van der Waals surface area contributed by atoms with Crippen LogP contribution in [-0.4, -0.2) is 9.97 Å². The first-order valence-electron chi connectivity index (χ1n) is 3.92. The van der Waals surface area contributed by atoms with Gasteiger partial charge < -0.3 is 4.42 Å². The number of pyridine rings is 1. The lowest BCUT2D eigenvalue weighted by molar-refractivity contribution is 0.512. The van der Waals surface area contributed by atoms with Crippen LogP contribution < -0.4 is 0 Å². The molecular weight excluding hydrogens is 166 g/mol. The molecule has 4 heteroatoms. The van der Waals surface area contributed by atoms with Crippen LogP contribution in [0.25, 0.3) is 11.2 Å². The molecule has 64 valence electrons. The molecule has 4 nitrogen and oxygen atoms in total. The maximum absolute atomic E-state index is 8.64. The van der Waals surface area contributed by atoms with Crippen LogP contribution >= 0.6 is 0 Å². The van der Waals surface area contributed by atoms with Gasteiger partial charge in [-0.3, -0.25) is 0 Å². The quantitative estimate of drug-likeness (QED) is 0.660. The van der Waals surface area contributed by atoms with Crippen LogP contribution in [0.15, 0.2) is 22.7 Å². The molecule has 0 saturated carbocycles. The van der Waals surface area contributed by atoms with E-state index in [1.54, 1.807) is 25.3 Å². The molecule has 0 amide bonds. The smallest absolute Gasteiger partial charge is 0.246 e. The van der Waals surface area contributed by atoms with E-state index < -0.39 is 0 Å². The van der Waals surface area contributed by atoms with Gasteiger partial charge in [0.2, 0.25) is 11.6 Å². The van der Waals surface area contributed by atoms with Crippen molar-refractivity contribution in [1.82, 2.24) is 9.97 Å². The number of nitriles is 1. The van der Waals surface area contributed by atoms with Crippen molar-refractivity contribution >= 4 is 11.2 Å². The number of aromatic nitrogens is 2. The van der Waals surface area contributed by atoms with Crippen molar-refractivity contribution in [3.05, 3.63) is 24.2 Å². The molecule has 0 fully saturated rings. The lowest BCUT2D eigenvalue weighted by Crippen LogP contribution is -1.87. The summed E-state index contributed by atoms with van der Waals surface area (Å²) in [6.07, 6.45) is 1.63. The molecule has 1 atom stereocenters. The van der Waals surface area contributed by atoms with Crippen molar-refractivity contribution in [2.45, 2.75) is 12.8 Å². The zero-order valence-electron chi connectivity index (χ0n) is 7.06. The van der Waals surface area contributed by atoms with Crippen molar-refractivity contribution in [1.29, 1.82) is 5.26 Å². The fourth-order valence-corrected chi connectivity index (χ4v) is 1.03. The molecule has 0 aliphatic rings. The Morgan fingerprint density at radius 3 is 3.15 bits per heavy atom. The molecule has 0 saturated heterocycles. The summed E-state index contributed by atoms with van der Waals surface area (Å²) in [7, 11) is 0. The third-order valence-electron chi connectivity index (χ3n) is 1.75. The first-order valence-corrected chi connectivity index (χ1v) is 3.92. The van der Waals surface area contributed by atoms with Crippen LogP contribution in [0.5, 0.6) is 0 Å². The highest BCUT2D eigenvalue weighted by Gasteiger charge is 2.12. The summed E-state index contributed by atoms with van der Waals surface area (Å²) >= 11 is 0. The standard InChI is InChI=1S/C9H7N3O/c1-6(5-10)8-12-7-3-2-4-11-9(7)13-8/h2-4,6H,1H3. The van der Waals surface area contributed by atoms with Gasteiger partial charge in [-0.1, -0.05) is 0 Å². The molecule has 0 N–H and O–H groups in total. The molecule has 0 bridgehead atoms. The van der Waals surface area contributed by atoms with Gasteiger partial charge in [0, 0.05) is 6.20 Å². The average molecular weight is 173 g/mol. The van der Waals surface area contributed by atoms with Crippen molar-refractivity contribution < 1.29 is 4.42 Å². The Morgan fingerprint density at radius 1 is 1.62 bits per heavy atom. The summed E-state index contributed by atoms with van der Waals surface area (Å²) < 4.78 is 5.28. The van der Waals surface area contributed by atoms with E-state index in [4.69, 9.17) is 9.68 Å².